The van der Waals surface area contributed by atoms with Crippen LogP contribution in [-0.2, 0) is 0 Å². The standard InChI is InChI=1S/C7H6N4O3/c1-14-5-4(6(12)13)2-11-7(10-5)8-3-9-11/h2-3H,1H3,(H,12,13). The molecule has 72 valence electrons. The Kier molecular flexibility index (Phi) is 1.77. The van der Waals surface area contributed by atoms with Crippen LogP contribution in [0.25, 0.3) is 5.78 Å². The number of methoxy groups -OCH3 is 1. The number of nitrogens with zero attached hydrogens (tertiary/aromatic N) is 4. The Morgan fingerprint density at radius 3 is 3.07 bits per heavy atom. The number of aromatic nitrogens is 4. The van der Waals surface area contributed by atoms with E-state index in [1.807, 2.05) is 0 Å². The van der Waals surface area contributed by atoms with Crippen LogP contribution >= 0.6 is 0 Å². The van der Waals surface area contributed by atoms with Crippen LogP contribution in [0.2, 0.25) is 0 Å². The molecule has 0 atom stereocenters. The minimum atomic E-state index is -1.12. The summed E-state index contributed by atoms with van der Waals surface area (Å²) < 4.78 is 6.08. The average molecular weight is 194 g/mol. The molecule has 0 radical (unpaired) electrons. The zero-order chi connectivity index (χ0) is 10.1. The van der Waals surface area contributed by atoms with Crippen LogP contribution in [-0.4, -0.2) is 37.8 Å². The lowest BCUT2D eigenvalue weighted by atomic mass is 10.3. The number of ether oxygens (including phenoxy) is 1. The number of rotatable bonds is 2. The third-order valence-electron chi connectivity index (χ3n) is 1.66. The van der Waals surface area contributed by atoms with Gasteiger partial charge in [-0.2, -0.15) is 15.1 Å². The van der Waals surface area contributed by atoms with Crippen LogP contribution in [0.15, 0.2) is 12.5 Å². The van der Waals surface area contributed by atoms with E-state index in [1.54, 1.807) is 0 Å². The molecule has 1 N–H and O–H groups in total. The number of carboxylic acid groups (broad SMARTS) is 1. The second kappa shape index (κ2) is 2.95. The first kappa shape index (κ1) is 8.42. The number of carboxylic acids is 1. The summed E-state index contributed by atoms with van der Waals surface area (Å²) in [7, 11) is 1.35. The smallest absolute Gasteiger partial charge is 0.342 e. The SMILES string of the molecule is COc1nc2ncnn2cc1C(=O)O. The van der Waals surface area contributed by atoms with Gasteiger partial charge in [0.2, 0.25) is 5.88 Å². The fourth-order valence-corrected chi connectivity index (χ4v) is 1.05. The van der Waals surface area contributed by atoms with E-state index >= 15 is 0 Å². The van der Waals surface area contributed by atoms with Gasteiger partial charge in [-0.05, 0) is 0 Å². The molecule has 0 aromatic carbocycles. The molecule has 7 heteroatoms. The molecule has 0 fully saturated rings. The van der Waals surface area contributed by atoms with Gasteiger partial charge in [0.05, 0.1) is 13.3 Å². The third kappa shape index (κ3) is 1.15. The molecule has 0 aliphatic heterocycles. The van der Waals surface area contributed by atoms with Crippen molar-refractivity contribution in [2.24, 2.45) is 0 Å². The number of fused-ring (bicyclic) bond motifs is 1. The van der Waals surface area contributed by atoms with Crippen LogP contribution in [0.3, 0.4) is 0 Å². The van der Waals surface area contributed by atoms with Crippen LogP contribution in [0.5, 0.6) is 5.88 Å². The molecule has 2 heterocycles. The van der Waals surface area contributed by atoms with E-state index in [4.69, 9.17) is 9.84 Å². The average Bonchev–Trinajstić information content (AvgIpc) is 2.62. The van der Waals surface area contributed by atoms with Gasteiger partial charge in [-0.1, -0.05) is 0 Å². The Hall–Kier alpha value is -2.18. The van der Waals surface area contributed by atoms with Crippen molar-refractivity contribution in [3.8, 4) is 5.88 Å². The highest BCUT2D eigenvalue weighted by atomic mass is 16.5. The van der Waals surface area contributed by atoms with Crippen LogP contribution < -0.4 is 4.74 Å². The van der Waals surface area contributed by atoms with Gasteiger partial charge in [0.15, 0.2) is 0 Å². The lowest BCUT2D eigenvalue weighted by Gasteiger charge is -2.02. The molecule has 14 heavy (non-hydrogen) atoms. The van der Waals surface area contributed by atoms with Gasteiger partial charge in [-0.15, -0.1) is 0 Å². The fraction of sp³-hybridized carbons (Fsp3) is 0.143. The van der Waals surface area contributed by atoms with Gasteiger partial charge in [0.25, 0.3) is 5.78 Å². The molecular weight excluding hydrogens is 188 g/mol. The van der Waals surface area contributed by atoms with E-state index in [0.29, 0.717) is 5.78 Å². The number of hydrogen-bond donors (Lipinski definition) is 1. The first-order chi connectivity index (χ1) is 6.72. The molecule has 0 saturated heterocycles. The molecule has 0 amide bonds. The summed E-state index contributed by atoms with van der Waals surface area (Å²) in [5, 5.41) is 12.6. The summed E-state index contributed by atoms with van der Waals surface area (Å²) in [6.07, 6.45) is 2.59. The van der Waals surface area contributed by atoms with Crippen molar-refractivity contribution in [2.75, 3.05) is 7.11 Å². The van der Waals surface area contributed by atoms with Crippen molar-refractivity contribution in [1.82, 2.24) is 19.6 Å². The summed E-state index contributed by atoms with van der Waals surface area (Å²) in [6, 6.07) is 0. The van der Waals surface area contributed by atoms with E-state index < -0.39 is 5.97 Å². The lowest BCUT2D eigenvalue weighted by molar-refractivity contribution is 0.0691. The molecule has 0 aliphatic rings. The zero-order valence-electron chi connectivity index (χ0n) is 7.21. The molecule has 7 nitrogen and oxygen atoms in total. The minimum absolute atomic E-state index is 0.0259. The highest BCUT2D eigenvalue weighted by Crippen LogP contribution is 2.14. The summed E-state index contributed by atoms with van der Waals surface area (Å²) >= 11 is 0. The molecule has 2 rings (SSSR count). The van der Waals surface area contributed by atoms with E-state index in [0.717, 1.165) is 0 Å². The Labute approximate surface area is 78.0 Å². The van der Waals surface area contributed by atoms with E-state index in [2.05, 4.69) is 15.1 Å². The highest BCUT2D eigenvalue weighted by molar-refractivity contribution is 5.90. The van der Waals surface area contributed by atoms with Gasteiger partial charge in [-0.25, -0.2) is 9.31 Å². The first-order valence-corrected chi connectivity index (χ1v) is 3.70. The Morgan fingerprint density at radius 1 is 1.64 bits per heavy atom. The summed E-state index contributed by atoms with van der Waals surface area (Å²) in [5.74, 6) is -0.795. The van der Waals surface area contributed by atoms with E-state index in [-0.39, 0.29) is 11.4 Å². The Bertz CT molecular complexity index is 493. The van der Waals surface area contributed by atoms with Crippen molar-refractivity contribution < 1.29 is 14.6 Å². The number of hydrogen-bond acceptors (Lipinski definition) is 5. The third-order valence-corrected chi connectivity index (χ3v) is 1.66. The Morgan fingerprint density at radius 2 is 2.43 bits per heavy atom. The second-order valence-corrected chi connectivity index (χ2v) is 2.47. The molecule has 0 bridgehead atoms. The van der Waals surface area contributed by atoms with Gasteiger partial charge in [0, 0.05) is 0 Å². The quantitative estimate of drug-likeness (QED) is 0.713. The van der Waals surface area contributed by atoms with Gasteiger partial charge >= 0.3 is 5.97 Å². The van der Waals surface area contributed by atoms with Crippen molar-refractivity contribution in [1.29, 1.82) is 0 Å². The molecule has 2 aromatic heterocycles. The minimum Gasteiger partial charge on any atom is -0.480 e. The molecule has 2 aromatic rings. The zero-order valence-corrected chi connectivity index (χ0v) is 7.21. The molecule has 0 aliphatic carbocycles. The molecule has 0 spiro atoms. The largest absolute Gasteiger partial charge is 0.480 e. The maximum Gasteiger partial charge on any atom is 0.342 e. The second-order valence-electron chi connectivity index (χ2n) is 2.47. The summed E-state index contributed by atoms with van der Waals surface area (Å²) in [5.41, 5.74) is -0.0505. The molecular formula is C7H6N4O3. The highest BCUT2D eigenvalue weighted by Gasteiger charge is 2.14. The van der Waals surface area contributed by atoms with Gasteiger partial charge in [0.1, 0.15) is 11.9 Å². The van der Waals surface area contributed by atoms with E-state index in [9.17, 15) is 4.79 Å². The number of carbonyl (C=O) groups is 1. The predicted octanol–water partition coefficient (Wildman–Crippen LogP) is -0.169. The van der Waals surface area contributed by atoms with Crippen molar-refractivity contribution in [3.05, 3.63) is 18.1 Å². The van der Waals surface area contributed by atoms with Gasteiger partial charge in [-0.3, -0.25) is 0 Å². The first-order valence-electron chi connectivity index (χ1n) is 3.70. The predicted molar refractivity (Wildman–Crippen MR) is 44.3 cm³/mol. The maximum atomic E-state index is 10.8. The van der Waals surface area contributed by atoms with Crippen LogP contribution in [0.1, 0.15) is 10.4 Å². The van der Waals surface area contributed by atoms with Gasteiger partial charge < -0.3 is 9.84 Å². The monoisotopic (exact) mass is 194 g/mol. The summed E-state index contributed by atoms with van der Waals surface area (Å²) in [4.78, 5) is 18.4. The molecule has 0 unspecified atom stereocenters. The molecule has 0 saturated carbocycles. The number of aromatic carboxylic acids is 1. The van der Waals surface area contributed by atoms with Crippen molar-refractivity contribution in [2.45, 2.75) is 0 Å². The van der Waals surface area contributed by atoms with E-state index in [1.165, 1.54) is 24.1 Å². The van der Waals surface area contributed by atoms with Crippen molar-refractivity contribution >= 4 is 11.7 Å². The van der Waals surface area contributed by atoms with Crippen LogP contribution in [0, 0.1) is 0 Å². The van der Waals surface area contributed by atoms with Crippen molar-refractivity contribution in [3.63, 3.8) is 0 Å². The maximum absolute atomic E-state index is 10.8. The normalized spacial score (nSPS) is 10.4. The topological polar surface area (TPSA) is 89.6 Å². The Balaban J connectivity index is 2.72. The van der Waals surface area contributed by atoms with Crippen LogP contribution in [0.4, 0.5) is 0 Å². The summed E-state index contributed by atoms with van der Waals surface area (Å²) in [6.45, 7) is 0. The fourth-order valence-electron chi connectivity index (χ4n) is 1.05. The lowest BCUT2D eigenvalue weighted by Crippen LogP contribution is -2.06.